The number of amides is 1. The fourth-order valence-electron chi connectivity index (χ4n) is 2.26. The quantitative estimate of drug-likeness (QED) is 0.553. The summed E-state index contributed by atoms with van der Waals surface area (Å²) in [6.45, 7) is 1.92. The molecule has 3 rings (SSSR count). The molecule has 2 aromatic rings. The Bertz CT molecular complexity index is 847. The van der Waals surface area contributed by atoms with E-state index < -0.39 is 0 Å². The van der Waals surface area contributed by atoms with Crippen LogP contribution in [0.15, 0.2) is 47.4 Å². The third-order valence-corrected chi connectivity index (χ3v) is 5.33. The van der Waals surface area contributed by atoms with Crippen LogP contribution in [-0.4, -0.2) is 17.3 Å². The number of ether oxygens (including phenoxy) is 1. The zero-order chi connectivity index (χ0) is 17.3. The Morgan fingerprint density at radius 1 is 1.21 bits per heavy atom. The van der Waals surface area contributed by atoms with Gasteiger partial charge < -0.3 is 4.74 Å². The van der Waals surface area contributed by atoms with Crippen LogP contribution < -0.4 is 9.64 Å². The van der Waals surface area contributed by atoms with Gasteiger partial charge in [0, 0.05) is 5.02 Å². The molecule has 0 aliphatic carbocycles. The second-order valence-corrected chi connectivity index (χ2v) is 7.31. The van der Waals surface area contributed by atoms with E-state index >= 15 is 0 Å². The Hall–Kier alpha value is -1.82. The lowest BCUT2D eigenvalue weighted by atomic mass is 10.2. The number of carbonyl (C=O) groups excluding carboxylic acids is 1. The Kier molecular flexibility index (Phi) is 4.94. The van der Waals surface area contributed by atoms with Crippen LogP contribution in [0.25, 0.3) is 6.08 Å². The lowest BCUT2D eigenvalue weighted by molar-refractivity contribution is -0.113. The molecule has 1 aliphatic heterocycles. The minimum Gasteiger partial charge on any atom is -0.497 e. The molecule has 1 heterocycles. The molecule has 1 aliphatic rings. The average Bonchev–Trinajstić information content (AvgIpc) is 2.85. The molecule has 0 aromatic heterocycles. The number of halogens is 1. The molecule has 0 unspecified atom stereocenters. The molecule has 1 saturated heterocycles. The van der Waals surface area contributed by atoms with Gasteiger partial charge in [-0.1, -0.05) is 53.8 Å². The minimum absolute atomic E-state index is 0.138. The lowest BCUT2D eigenvalue weighted by Crippen LogP contribution is -2.27. The summed E-state index contributed by atoms with van der Waals surface area (Å²) in [7, 11) is 1.62. The summed E-state index contributed by atoms with van der Waals surface area (Å²) >= 11 is 12.8. The summed E-state index contributed by atoms with van der Waals surface area (Å²) in [6.07, 6.45) is 1.83. The van der Waals surface area contributed by atoms with Gasteiger partial charge in [-0.15, -0.1) is 0 Å². The normalized spacial score (nSPS) is 16.1. The van der Waals surface area contributed by atoms with E-state index in [1.54, 1.807) is 13.2 Å². The molecule has 1 fully saturated rings. The minimum atomic E-state index is -0.138. The monoisotopic (exact) mass is 375 g/mol. The number of hydrogen-bond acceptors (Lipinski definition) is 4. The zero-order valence-corrected chi connectivity index (χ0v) is 15.5. The molecule has 3 nitrogen and oxygen atoms in total. The Morgan fingerprint density at radius 3 is 2.54 bits per heavy atom. The van der Waals surface area contributed by atoms with Crippen LogP contribution in [0.3, 0.4) is 0 Å². The van der Waals surface area contributed by atoms with E-state index in [1.165, 1.54) is 16.7 Å². The first-order chi connectivity index (χ1) is 11.5. The second kappa shape index (κ2) is 6.97. The largest absolute Gasteiger partial charge is 0.497 e. The van der Waals surface area contributed by atoms with Gasteiger partial charge in [0.25, 0.3) is 5.91 Å². The maximum atomic E-state index is 12.7. The van der Waals surface area contributed by atoms with Crippen LogP contribution in [0.5, 0.6) is 5.75 Å². The number of benzene rings is 2. The number of thiocarbonyl (C=S) groups is 1. The highest BCUT2D eigenvalue weighted by atomic mass is 35.5. The number of carbonyl (C=O) groups is 1. The molecule has 1 amide bonds. The molecule has 24 heavy (non-hydrogen) atoms. The molecule has 2 aromatic carbocycles. The van der Waals surface area contributed by atoms with Gasteiger partial charge in [0.2, 0.25) is 0 Å². The van der Waals surface area contributed by atoms with Crippen LogP contribution in [0.4, 0.5) is 5.69 Å². The second-order valence-electron chi connectivity index (χ2n) is 5.22. The summed E-state index contributed by atoms with van der Waals surface area (Å²) in [4.78, 5) is 14.8. The number of rotatable bonds is 3. The standard InChI is InChI=1S/C18H14ClNO2S2/c1-11-3-6-13(10-15(11)19)20-17(21)16(24-18(20)23)9-12-4-7-14(22-2)8-5-12/h3-10H,1-2H3/b16-9+. The maximum Gasteiger partial charge on any atom is 0.270 e. The SMILES string of the molecule is COc1ccc(/C=C2/SC(=S)N(c3ccc(C)c(Cl)c3)C2=O)cc1. The fraction of sp³-hybridized carbons (Fsp3) is 0.111. The highest BCUT2D eigenvalue weighted by Gasteiger charge is 2.33. The highest BCUT2D eigenvalue weighted by Crippen LogP contribution is 2.37. The van der Waals surface area contributed by atoms with E-state index in [4.69, 9.17) is 28.6 Å². The summed E-state index contributed by atoms with van der Waals surface area (Å²) in [6, 6.07) is 13.0. The number of nitrogens with zero attached hydrogens (tertiary/aromatic N) is 1. The topological polar surface area (TPSA) is 29.5 Å². The van der Waals surface area contributed by atoms with Gasteiger partial charge >= 0.3 is 0 Å². The van der Waals surface area contributed by atoms with E-state index in [9.17, 15) is 4.79 Å². The number of aryl methyl sites for hydroxylation is 1. The van der Waals surface area contributed by atoms with E-state index in [1.807, 2.05) is 49.4 Å². The molecule has 0 saturated carbocycles. The van der Waals surface area contributed by atoms with Crippen LogP contribution >= 0.6 is 35.6 Å². The van der Waals surface area contributed by atoms with Crippen molar-refractivity contribution in [3.05, 3.63) is 63.5 Å². The Balaban J connectivity index is 1.90. The van der Waals surface area contributed by atoms with Crippen molar-refractivity contribution < 1.29 is 9.53 Å². The molecule has 0 atom stereocenters. The molecule has 6 heteroatoms. The zero-order valence-electron chi connectivity index (χ0n) is 13.1. The fourth-order valence-corrected chi connectivity index (χ4v) is 3.74. The van der Waals surface area contributed by atoms with Gasteiger partial charge in [-0.05, 0) is 48.4 Å². The summed E-state index contributed by atoms with van der Waals surface area (Å²) in [5.74, 6) is 0.634. The third kappa shape index (κ3) is 3.34. The van der Waals surface area contributed by atoms with Gasteiger partial charge in [0.1, 0.15) is 5.75 Å². The van der Waals surface area contributed by atoms with E-state index in [2.05, 4.69) is 0 Å². The smallest absolute Gasteiger partial charge is 0.270 e. The van der Waals surface area contributed by atoms with Crippen LogP contribution in [-0.2, 0) is 4.79 Å². The predicted molar refractivity (Wildman–Crippen MR) is 105 cm³/mol. The average molecular weight is 376 g/mol. The van der Waals surface area contributed by atoms with Crippen molar-refractivity contribution in [3.63, 3.8) is 0 Å². The number of anilines is 1. The summed E-state index contributed by atoms with van der Waals surface area (Å²) in [5, 5.41) is 0.612. The first-order valence-corrected chi connectivity index (χ1v) is 8.78. The van der Waals surface area contributed by atoms with E-state index in [0.717, 1.165) is 16.9 Å². The highest BCUT2D eigenvalue weighted by molar-refractivity contribution is 8.27. The van der Waals surface area contributed by atoms with Crippen molar-refractivity contribution in [2.75, 3.05) is 12.0 Å². The number of hydrogen-bond donors (Lipinski definition) is 0. The van der Waals surface area contributed by atoms with Crippen molar-refractivity contribution in [2.24, 2.45) is 0 Å². The molecule has 0 N–H and O–H groups in total. The molecule has 0 spiro atoms. The lowest BCUT2D eigenvalue weighted by Gasteiger charge is -2.15. The molecule has 0 bridgehead atoms. The number of thioether (sulfide) groups is 1. The molecular formula is C18H14ClNO2S2. The first-order valence-electron chi connectivity index (χ1n) is 7.18. The van der Waals surface area contributed by atoms with E-state index in [-0.39, 0.29) is 5.91 Å². The first kappa shape index (κ1) is 17.0. The van der Waals surface area contributed by atoms with Crippen molar-refractivity contribution >= 4 is 57.6 Å². The number of methoxy groups -OCH3 is 1. The summed E-state index contributed by atoms with van der Waals surface area (Å²) in [5.41, 5.74) is 2.56. The van der Waals surface area contributed by atoms with Crippen LogP contribution in [0.1, 0.15) is 11.1 Å². The van der Waals surface area contributed by atoms with Gasteiger partial charge in [0.05, 0.1) is 17.7 Å². The third-order valence-electron chi connectivity index (χ3n) is 3.62. The molecular weight excluding hydrogens is 362 g/mol. The van der Waals surface area contributed by atoms with Crippen molar-refractivity contribution in [2.45, 2.75) is 6.92 Å². The van der Waals surface area contributed by atoms with Gasteiger partial charge in [0.15, 0.2) is 4.32 Å². The van der Waals surface area contributed by atoms with Crippen molar-refractivity contribution in [1.82, 2.24) is 0 Å². The van der Waals surface area contributed by atoms with Gasteiger partial charge in [-0.3, -0.25) is 9.69 Å². The van der Waals surface area contributed by atoms with Crippen LogP contribution in [0, 0.1) is 6.92 Å². The maximum absolute atomic E-state index is 12.7. The summed E-state index contributed by atoms with van der Waals surface area (Å²) < 4.78 is 5.64. The Morgan fingerprint density at radius 2 is 1.92 bits per heavy atom. The molecule has 122 valence electrons. The predicted octanol–water partition coefficient (Wildman–Crippen LogP) is 5.06. The Labute approximate surface area is 155 Å². The van der Waals surface area contributed by atoms with E-state index in [0.29, 0.717) is 19.9 Å². The van der Waals surface area contributed by atoms with Gasteiger partial charge in [-0.2, -0.15) is 0 Å². The van der Waals surface area contributed by atoms with Crippen molar-refractivity contribution in [1.29, 1.82) is 0 Å². The molecule has 0 radical (unpaired) electrons. The van der Waals surface area contributed by atoms with Crippen molar-refractivity contribution in [3.8, 4) is 5.75 Å². The van der Waals surface area contributed by atoms with Gasteiger partial charge in [-0.25, -0.2) is 0 Å². The van der Waals surface area contributed by atoms with Crippen LogP contribution in [0.2, 0.25) is 5.02 Å².